The predicted octanol–water partition coefficient (Wildman–Crippen LogP) is 1.14. The van der Waals surface area contributed by atoms with Gasteiger partial charge >= 0.3 is 6.18 Å². The van der Waals surface area contributed by atoms with E-state index in [9.17, 15) is 27.9 Å². The van der Waals surface area contributed by atoms with Crippen LogP contribution in [-0.4, -0.2) is 43.1 Å². The molecule has 0 aliphatic carbocycles. The number of fused-ring (bicyclic) bond motifs is 3. The zero-order valence-corrected chi connectivity index (χ0v) is 13.9. The maximum atomic E-state index is 13.6. The van der Waals surface area contributed by atoms with Gasteiger partial charge in [-0.05, 0) is 23.3 Å². The van der Waals surface area contributed by atoms with Crippen LogP contribution in [0.15, 0.2) is 23.9 Å². The first-order chi connectivity index (χ1) is 12.2. The van der Waals surface area contributed by atoms with Crippen LogP contribution in [0, 0.1) is 0 Å². The van der Waals surface area contributed by atoms with Crippen LogP contribution in [-0.2, 0) is 16.0 Å². The van der Waals surface area contributed by atoms with Crippen LogP contribution in [0.2, 0.25) is 0 Å². The van der Waals surface area contributed by atoms with Crippen molar-refractivity contribution in [1.82, 2.24) is 4.90 Å². The maximum Gasteiger partial charge on any atom is 0.409 e. The molecule has 0 aromatic heterocycles. The minimum Gasteiger partial charge on any atom is -0.545 e. The van der Waals surface area contributed by atoms with Crippen molar-refractivity contribution in [2.75, 3.05) is 14.2 Å². The number of carboxylic acid groups (broad SMARTS) is 1. The molecule has 0 saturated carbocycles. The van der Waals surface area contributed by atoms with Gasteiger partial charge in [0.2, 0.25) is 0 Å². The quantitative estimate of drug-likeness (QED) is 0.743. The van der Waals surface area contributed by atoms with Gasteiger partial charge in [-0.25, -0.2) is 0 Å². The van der Waals surface area contributed by atoms with E-state index in [0.29, 0.717) is 16.9 Å². The van der Waals surface area contributed by atoms with E-state index < -0.39 is 48.4 Å². The second kappa shape index (κ2) is 6.22. The number of ketones is 1. The number of rotatable bonds is 3. The van der Waals surface area contributed by atoms with Gasteiger partial charge in [-0.2, -0.15) is 13.2 Å². The van der Waals surface area contributed by atoms with Crippen LogP contribution < -0.4 is 14.6 Å². The molecular weight excluding hydrogens is 355 g/mol. The van der Waals surface area contributed by atoms with E-state index in [4.69, 9.17) is 9.47 Å². The summed E-state index contributed by atoms with van der Waals surface area (Å²) in [6.45, 7) is 0. The van der Waals surface area contributed by atoms with E-state index >= 15 is 0 Å². The summed E-state index contributed by atoms with van der Waals surface area (Å²) in [4.78, 5) is 24.1. The number of halogens is 3. The molecule has 9 heteroatoms. The van der Waals surface area contributed by atoms with Gasteiger partial charge in [0.1, 0.15) is 6.04 Å². The Balaban J connectivity index is 2.18. The lowest BCUT2D eigenvalue weighted by atomic mass is 9.82. The van der Waals surface area contributed by atoms with Gasteiger partial charge in [-0.3, -0.25) is 4.79 Å². The van der Waals surface area contributed by atoms with Gasteiger partial charge in [0.25, 0.3) is 0 Å². The average Bonchev–Trinajstić information content (AvgIpc) is 2.58. The lowest BCUT2D eigenvalue weighted by Gasteiger charge is -2.45. The highest BCUT2D eigenvalue weighted by Crippen LogP contribution is 2.46. The number of aliphatic carboxylic acids is 1. The first kappa shape index (κ1) is 18.1. The first-order valence-electron chi connectivity index (χ1n) is 7.72. The molecule has 2 heterocycles. The molecule has 0 saturated heterocycles. The lowest BCUT2D eigenvalue weighted by molar-refractivity contribution is -0.299. The number of Topliss-reactive ketones (excluding diaryl/α,β-unsaturated/α-hetero) is 1. The van der Waals surface area contributed by atoms with Crippen LogP contribution in [0.25, 0.3) is 0 Å². The second-order valence-electron chi connectivity index (χ2n) is 6.09. The van der Waals surface area contributed by atoms with E-state index in [0.717, 1.165) is 11.1 Å². The van der Waals surface area contributed by atoms with Crippen molar-refractivity contribution in [3.8, 4) is 11.5 Å². The summed E-state index contributed by atoms with van der Waals surface area (Å²) >= 11 is 0. The summed E-state index contributed by atoms with van der Waals surface area (Å²) in [5, 5.41) is 11.1. The number of benzene rings is 1. The minimum atomic E-state index is -4.61. The van der Waals surface area contributed by atoms with Crippen molar-refractivity contribution in [3.05, 3.63) is 35.0 Å². The Hall–Kier alpha value is -2.71. The van der Waals surface area contributed by atoms with Gasteiger partial charge < -0.3 is 24.3 Å². The monoisotopic (exact) mass is 370 g/mol. The fourth-order valence-electron chi connectivity index (χ4n) is 3.47. The van der Waals surface area contributed by atoms with Gasteiger partial charge in [-0.15, -0.1) is 0 Å². The van der Waals surface area contributed by atoms with Gasteiger partial charge in [0, 0.05) is 19.0 Å². The van der Waals surface area contributed by atoms with Crippen LogP contribution in [0.5, 0.6) is 11.5 Å². The summed E-state index contributed by atoms with van der Waals surface area (Å²) in [6, 6.07) is 0.0947. The van der Waals surface area contributed by atoms with E-state index in [1.807, 2.05) is 0 Å². The van der Waals surface area contributed by atoms with E-state index in [2.05, 4.69) is 0 Å². The molecule has 140 valence electrons. The van der Waals surface area contributed by atoms with Gasteiger partial charge in [0.05, 0.1) is 31.8 Å². The van der Waals surface area contributed by atoms with E-state index in [1.54, 1.807) is 0 Å². The molecular formula is C17H15F3NO5-. The summed E-state index contributed by atoms with van der Waals surface area (Å²) in [5.74, 6) is -1.95. The largest absolute Gasteiger partial charge is 0.545 e. The molecule has 2 aliphatic heterocycles. The van der Waals surface area contributed by atoms with Crippen molar-refractivity contribution in [3.63, 3.8) is 0 Å². The number of carbonyl (C=O) groups is 2. The number of carbonyl (C=O) groups excluding carboxylic acids is 2. The van der Waals surface area contributed by atoms with Crippen LogP contribution in [0.3, 0.4) is 0 Å². The van der Waals surface area contributed by atoms with Gasteiger partial charge in [-0.1, -0.05) is 0 Å². The van der Waals surface area contributed by atoms with Crippen LogP contribution in [0.1, 0.15) is 23.6 Å². The number of nitrogens with zero attached hydrogens (tertiary/aromatic N) is 1. The third-order valence-corrected chi connectivity index (χ3v) is 4.69. The number of carboxylic acids is 1. The molecule has 3 rings (SSSR count). The Morgan fingerprint density at radius 1 is 1.19 bits per heavy atom. The predicted molar refractivity (Wildman–Crippen MR) is 80.4 cm³/mol. The zero-order valence-electron chi connectivity index (χ0n) is 13.9. The molecule has 0 bridgehead atoms. The maximum absolute atomic E-state index is 13.6. The smallest absolute Gasteiger partial charge is 0.409 e. The molecule has 0 amide bonds. The molecule has 0 spiro atoms. The molecule has 2 aliphatic rings. The molecule has 0 radical (unpaired) electrons. The molecule has 2 atom stereocenters. The van der Waals surface area contributed by atoms with Crippen LogP contribution >= 0.6 is 0 Å². The Labute approximate surface area is 146 Å². The topological polar surface area (TPSA) is 78.9 Å². The first-order valence-corrected chi connectivity index (χ1v) is 7.72. The van der Waals surface area contributed by atoms with E-state index in [-0.39, 0.29) is 5.75 Å². The second-order valence-corrected chi connectivity index (χ2v) is 6.09. The Morgan fingerprint density at radius 2 is 1.81 bits per heavy atom. The fraction of sp³-hybridized carbons (Fsp3) is 0.412. The molecule has 6 nitrogen and oxygen atoms in total. The highest BCUT2D eigenvalue weighted by atomic mass is 19.4. The summed E-state index contributed by atoms with van der Waals surface area (Å²) in [5.41, 5.74) is 0.105. The van der Waals surface area contributed by atoms with Crippen molar-refractivity contribution in [2.45, 2.75) is 31.1 Å². The molecule has 0 N–H and O–H groups in total. The number of hydrogen-bond donors (Lipinski definition) is 0. The highest BCUT2D eigenvalue weighted by Gasteiger charge is 2.50. The van der Waals surface area contributed by atoms with Crippen molar-refractivity contribution in [1.29, 1.82) is 0 Å². The number of alkyl halides is 3. The Bertz CT molecular complexity index is 802. The summed E-state index contributed by atoms with van der Waals surface area (Å²) in [7, 11) is 2.77. The average molecular weight is 370 g/mol. The normalized spacial score (nSPS) is 22.3. The lowest BCUT2D eigenvalue weighted by Crippen LogP contribution is -2.52. The van der Waals surface area contributed by atoms with Gasteiger partial charge in [0.15, 0.2) is 17.3 Å². The van der Waals surface area contributed by atoms with Crippen molar-refractivity contribution >= 4 is 11.8 Å². The highest BCUT2D eigenvalue weighted by molar-refractivity contribution is 6.16. The summed E-state index contributed by atoms with van der Waals surface area (Å²) in [6.07, 6.45) is -4.66. The van der Waals surface area contributed by atoms with Crippen LogP contribution in [0.4, 0.5) is 13.2 Å². The molecule has 0 fully saturated rings. The molecule has 2 unspecified atom stereocenters. The molecule has 1 aromatic carbocycles. The number of methoxy groups -OCH3 is 2. The standard InChI is InChI=1S/C17H16F3NO5/c1-25-13-3-8-4-15(17(18,19)20)21-7-10(16(23)24)12(22)6-11(21)9(8)5-14(13)26-2/h3,5,7,11,15H,4,6H2,1-2H3,(H,23,24)/p-1. The Kier molecular flexibility index (Phi) is 4.33. The fourth-order valence-corrected chi connectivity index (χ4v) is 3.47. The minimum absolute atomic E-state index is 0.286. The SMILES string of the molecule is COc1cc2c(cc1OC)C1CC(=O)C(C(=O)[O-])=CN1C(C(F)(F)F)C2. The number of hydrogen-bond acceptors (Lipinski definition) is 6. The molecule has 1 aromatic rings. The Morgan fingerprint density at radius 3 is 2.35 bits per heavy atom. The van der Waals surface area contributed by atoms with Crippen molar-refractivity contribution in [2.24, 2.45) is 0 Å². The summed E-state index contributed by atoms with van der Waals surface area (Å²) < 4.78 is 51.1. The zero-order chi connectivity index (χ0) is 19.2. The molecule has 26 heavy (non-hydrogen) atoms. The number of ether oxygens (including phenoxy) is 2. The third-order valence-electron chi connectivity index (χ3n) is 4.69. The van der Waals surface area contributed by atoms with E-state index in [1.165, 1.54) is 26.4 Å². The third kappa shape index (κ3) is 2.87. The van der Waals surface area contributed by atoms with Crippen molar-refractivity contribution < 1.29 is 37.3 Å².